The minimum atomic E-state index is -0.270. The zero-order valence-electron chi connectivity index (χ0n) is 14.4. The Bertz CT molecular complexity index is 1230. The molecule has 0 saturated carbocycles. The van der Waals surface area contributed by atoms with Crippen LogP contribution in [0.1, 0.15) is 21.8 Å². The van der Waals surface area contributed by atoms with Crippen LogP contribution in [-0.4, -0.2) is 25.7 Å². The van der Waals surface area contributed by atoms with Crippen molar-refractivity contribution in [1.82, 2.24) is 19.8 Å². The number of nitrogens with zero attached hydrogens (tertiary/aromatic N) is 4. The first-order valence-corrected chi connectivity index (χ1v) is 10.6. The minimum absolute atomic E-state index is 0.260. The number of carbonyl (C=O) groups is 1. The largest absolute Gasteiger partial charge is 0.375 e. The van der Waals surface area contributed by atoms with Gasteiger partial charge in [0.05, 0.1) is 5.69 Å². The Morgan fingerprint density at radius 1 is 1.32 bits per heavy atom. The molecule has 28 heavy (non-hydrogen) atoms. The fourth-order valence-electron chi connectivity index (χ4n) is 2.40. The second-order valence-corrected chi connectivity index (χ2v) is 8.83. The molecular formula is C17H12BrN5O3S2. The molecule has 3 aromatic heterocycles. The van der Waals surface area contributed by atoms with Gasteiger partial charge in [-0.2, -0.15) is 0 Å². The molecule has 4 aromatic rings. The zero-order valence-corrected chi connectivity index (χ0v) is 17.6. The van der Waals surface area contributed by atoms with Crippen LogP contribution in [0.4, 0.5) is 5.13 Å². The molecule has 4 rings (SSSR count). The third-order valence-corrected chi connectivity index (χ3v) is 6.08. The summed E-state index contributed by atoms with van der Waals surface area (Å²) in [6, 6.07) is 10.2. The van der Waals surface area contributed by atoms with Crippen molar-refractivity contribution in [2.24, 2.45) is 0 Å². The van der Waals surface area contributed by atoms with Crippen molar-refractivity contribution >= 4 is 55.7 Å². The molecular weight excluding hydrogens is 466 g/mol. The zero-order chi connectivity index (χ0) is 19.7. The van der Waals surface area contributed by atoms with Gasteiger partial charge in [-0.05, 0) is 25.1 Å². The maximum absolute atomic E-state index is 12.3. The summed E-state index contributed by atoms with van der Waals surface area (Å²) in [5.41, 5.74) is 1.34. The molecule has 0 unspecified atom stereocenters. The van der Waals surface area contributed by atoms with Crippen LogP contribution in [-0.2, 0) is 5.75 Å². The van der Waals surface area contributed by atoms with Crippen LogP contribution < -0.4 is 10.9 Å². The third-order valence-electron chi connectivity index (χ3n) is 3.58. The number of aryl methyl sites for hydroxylation is 1. The van der Waals surface area contributed by atoms with Crippen molar-refractivity contribution in [2.45, 2.75) is 17.0 Å². The highest BCUT2D eigenvalue weighted by molar-refractivity contribution is 9.10. The summed E-state index contributed by atoms with van der Waals surface area (Å²) in [6.45, 7) is 1.76. The number of hydrogen-bond donors (Lipinski definition) is 1. The van der Waals surface area contributed by atoms with E-state index in [1.807, 2.05) is 6.07 Å². The maximum atomic E-state index is 12.3. The molecule has 11 heteroatoms. The first-order chi connectivity index (χ1) is 13.5. The summed E-state index contributed by atoms with van der Waals surface area (Å²) in [7, 11) is 0. The van der Waals surface area contributed by atoms with Crippen LogP contribution in [0.5, 0.6) is 0 Å². The first kappa shape index (κ1) is 18.8. The Kier molecular flexibility index (Phi) is 5.29. The average molecular weight is 478 g/mol. The lowest BCUT2D eigenvalue weighted by atomic mass is 10.2. The van der Waals surface area contributed by atoms with Gasteiger partial charge in [-0.3, -0.25) is 14.9 Å². The minimum Gasteiger partial charge on any atom is -0.375 e. The lowest BCUT2D eigenvalue weighted by Crippen LogP contribution is -2.12. The summed E-state index contributed by atoms with van der Waals surface area (Å²) in [6.07, 6.45) is 0. The molecule has 142 valence electrons. The number of thioether (sulfide) groups is 1. The van der Waals surface area contributed by atoms with E-state index in [2.05, 4.69) is 36.4 Å². The number of halogens is 1. The average Bonchev–Trinajstić information content (AvgIpc) is 3.26. The number of amides is 1. The highest BCUT2D eigenvalue weighted by Crippen LogP contribution is 2.28. The Morgan fingerprint density at radius 3 is 3.00 bits per heavy atom. The number of rotatable bonds is 5. The number of nitrogens with one attached hydrogen (secondary N) is 1. The molecule has 0 aliphatic rings. The van der Waals surface area contributed by atoms with Gasteiger partial charge in [0.1, 0.15) is 5.76 Å². The topological polar surface area (TPSA) is 102 Å². The number of benzene rings is 1. The molecule has 0 radical (unpaired) electrons. The van der Waals surface area contributed by atoms with Gasteiger partial charge in [-0.15, -0.1) is 14.8 Å². The Labute approximate surface area is 175 Å². The second-order valence-electron chi connectivity index (χ2n) is 5.71. The molecule has 8 nitrogen and oxygen atoms in total. The highest BCUT2D eigenvalue weighted by Gasteiger charge is 2.12. The van der Waals surface area contributed by atoms with E-state index in [1.165, 1.54) is 29.2 Å². The van der Waals surface area contributed by atoms with E-state index < -0.39 is 0 Å². The standard InChI is InChI=1S/C17H12BrN5O3S2/c1-9-5-13-19-12(7-14(24)23(13)26-9)8-27-17-22-21-16(28-17)20-15(25)10-3-2-4-11(18)6-10/h2-7H,8H2,1H3,(H,20,21,25). The predicted molar refractivity (Wildman–Crippen MR) is 110 cm³/mol. The summed E-state index contributed by atoms with van der Waals surface area (Å²) < 4.78 is 7.91. The fraction of sp³-hybridized carbons (Fsp3) is 0.118. The van der Waals surface area contributed by atoms with E-state index in [9.17, 15) is 9.59 Å². The van der Waals surface area contributed by atoms with E-state index in [1.54, 1.807) is 31.2 Å². The van der Waals surface area contributed by atoms with E-state index in [0.29, 0.717) is 37.9 Å². The molecule has 3 heterocycles. The fourth-order valence-corrected chi connectivity index (χ4v) is 4.44. The van der Waals surface area contributed by atoms with Crippen LogP contribution in [0.2, 0.25) is 0 Å². The smallest absolute Gasteiger partial charge is 0.287 e. The van der Waals surface area contributed by atoms with Crippen LogP contribution in [0.25, 0.3) is 5.65 Å². The molecule has 0 saturated heterocycles. The van der Waals surface area contributed by atoms with Gasteiger partial charge < -0.3 is 4.52 Å². The molecule has 0 spiro atoms. The van der Waals surface area contributed by atoms with Gasteiger partial charge in [0.25, 0.3) is 11.5 Å². The first-order valence-electron chi connectivity index (χ1n) is 8.01. The van der Waals surface area contributed by atoms with E-state index in [4.69, 9.17) is 4.52 Å². The summed E-state index contributed by atoms with van der Waals surface area (Å²) in [5.74, 6) is 0.804. The summed E-state index contributed by atoms with van der Waals surface area (Å²) in [5, 5.41) is 11.2. The van der Waals surface area contributed by atoms with Crippen LogP contribution in [0.15, 0.2) is 54.5 Å². The lowest BCUT2D eigenvalue weighted by molar-refractivity contribution is 0.102. The SMILES string of the molecule is Cc1cc2nc(CSc3nnc(NC(=O)c4cccc(Br)c4)s3)cc(=O)n2o1. The molecule has 1 N–H and O–H groups in total. The lowest BCUT2D eigenvalue weighted by Gasteiger charge is -2.01. The van der Waals surface area contributed by atoms with Crippen molar-refractivity contribution in [3.05, 3.63) is 68.2 Å². The maximum Gasteiger partial charge on any atom is 0.287 e. The number of aromatic nitrogens is 4. The second kappa shape index (κ2) is 7.86. The van der Waals surface area contributed by atoms with Crippen LogP contribution in [0.3, 0.4) is 0 Å². The number of carbonyl (C=O) groups excluding carboxylic acids is 1. The Hall–Kier alpha value is -2.50. The molecule has 0 fully saturated rings. The predicted octanol–water partition coefficient (Wildman–Crippen LogP) is 3.75. The normalized spacial score (nSPS) is 11.1. The molecule has 1 aromatic carbocycles. The van der Waals surface area contributed by atoms with Crippen molar-refractivity contribution in [3.8, 4) is 0 Å². The molecule has 0 bridgehead atoms. The van der Waals surface area contributed by atoms with Crippen molar-refractivity contribution in [1.29, 1.82) is 0 Å². The van der Waals surface area contributed by atoms with Crippen molar-refractivity contribution in [2.75, 3.05) is 5.32 Å². The van der Waals surface area contributed by atoms with Gasteiger partial charge in [-0.25, -0.2) is 4.98 Å². The van der Waals surface area contributed by atoms with E-state index in [-0.39, 0.29) is 11.5 Å². The number of fused-ring (bicyclic) bond motifs is 1. The monoisotopic (exact) mass is 477 g/mol. The molecule has 0 atom stereocenters. The van der Waals surface area contributed by atoms with Crippen molar-refractivity contribution < 1.29 is 9.32 Å². The molecule has 0 aliphatic heterocycles. The van der Waals surface area contributed by atoms with Gasteiger partial charge in [0.15, 0.2) is 9.99 Å². The van der Waals surface area contributed by atoms with Gasteiger partial charge in [-0.1, -0.05) is 45.1 Å². The summed E-state index contributed by atoms with van der Waals surface area (Å²) >= 11 is 5.99. The van der Waals surface area contributed by atoms with Crippen LogP contribution in [0, 0.1) is 6.92 Å². The van der Waals surface area contributed by atoms with E-state index >= 15 is 0 Å². The highest BCUT2D eigenvalue weighted by atomic mass is 79.9. The quantitative estimate of drug-likeness (QED) is 0.344. The number of anilines is 1. The Balaban J connectivity index is 1.42. The Morgan fingerprint density at radius 2 is 2.18 bits per heavy atom. The molecule has 1 amide bonds. The van der Waals surface area contributed by atoms with Crippen molar-refractivity contribution in [3.63, 3.8) is 0 Å². The van der Waals surface area contributed by atoms with Crippen LogP contribution >= 0.6 is 39.0 Å². The molecule has 0 aliphatic carbocycles. The van der Waals surface area contributed by atoms with E-state index in [0.717, 1.165) is 9.05 Å². The van der Waals surface area contributed by atoms with Gasteiger partial charge in [0, 0.05) is 27.9 Å². The summed E-state index contributed by atoms with van der Waals surface area (Å²) in [4.78, 5) is 28.7. The van der Waals surface area contributed by atoms with Gasteiger partial charge in [0.2, 0.25) is 5.13 Å². The number of hydrogen-bond acceptors (Lipinski definition) is 8. The van der Waals surface area contributed by atoms with Gasteiger partial charge >= 0.3 is 0 Å². The third kappa shape index (κ3) is 4.16.